The molecule has 0 radical (unpaired) electrons. The second kappa shape index (κ2) is 4.83. The van der Waals surface area contributed by atoms with Gasteiger partial charge in [-0.2, -0.15) is 0 Å². The van der Waals surface area contributed by atoms with E-state index >= 15 is 0 Å². The molecule has 1 atom stereocenters. The van der Waals surface area contributed by atoms with E-state index in [0.717, 1.165) is 6.07 Å². The van der Waals surface area contributed by atoms with Crippen LogP contribution in [-0.2, 0) is 6.54 Å². The summed E-state index contributed by atoms with van der Waals surface area (Å²) >= 11 is 0. The molecule has 3 rings (SSSR count). The van der Waals surface area contributed by atoms with Crippen molar-refractivity contribution in [1.29, 1.82) is 0 Å². The maximum atomic E-state index is 13.8. The standard InChI is InChI=1S/C15H13F3N2/c16-9-2-1-3-11(4-9)20-8-13-12(15(20)7-19)5-10(17)6-14(13)18/h1-6,15H,7-8,19H2. The molecular weight excluding hydrogens is 265 g/mol. The number of anilines is 1. The molecule has 2 N–H and O–H groups in total. The van der Waals surface area contributed by atoms with Crippen LogP contribution in [0.1, 0.15) is 17.2 Å². The molecular formula is C15H13F3N2. The fourth-order valence-electron chi connectivity index (χ4n) is 2.72. The lowest BCUT2D eigenvalue weighted by Gasteiger charge is -2.26. The number of hydrogen-bond donors (Lipinski definition) is 1. The van der Waals surface area contributed by atoms with Gasteiger partial charge in [0.25, 0.3) is 0 Å². The predicted octanol–water partition coefficient (Wildman–Crippen LogP) is 3.12. The van der Waals surface area contributed by atoms with E-state index in [1.807, 2.05) is 0 Å². The summed E-state index contributed by atoms with van der Waals surface area (Å²) in [6.45, 7) is 0.458. The van der Waals surface area contributed by atoms with Crippen LogP contribution >= 0.6 is 0 Å². The fourth-order valence-corrected chi connectivity index (χ4v) is 2.72. The van der Waals surface area contributed by atoms with Crippen molar-refractivity contribution in [2.45, 2.75) is 12.6 Å². The highest BCUT2D eigenvalue weighted by atomic mass is 19.1. The third-order valence-electron chi connectivity index (χ3n) is 3.62. The predicted molar refractivity (Wildman–Crippen MR) is 70.7 cm³/mol. The summed E-state index contributed by atoms with van der Waals surface area (Å²) in [5, 5.41) is 0. The third-order valence-corrected chi connectivity index (χ3v) is 3.62. The summed E-state index contributed by atoms with van der Waals surface area (Å²) in [6.07, 6.45) is 0. The molecule has 0 fully saturated rings. The van der Waals surface area contributed by atoms with E-state index in [1.54, 1.807) is 17.0 Å². The van der Waals surface area contributed by atoms with Gasteiger partial charge in [-0.3, -0.25) is 0 Å². The van der Waals surface area contributed by atoms with Crippen LogP contribution in [0.3, 0.4) is 0 Å². The van der Waals surface area contributed by atoms with E-state index in [-0.39, 0.29) is 24.9 Å². The molecule has 1 aliphatic heterocycles. The molecule has 2 nitrogen and oxygen atoms in total. The fraction of sp³-hybridized carbons (Fsp3) is 0.200. The summed E-state index contributed by atoms with van der Waals surface area (Å²) in [4.78, 5) is 1.79. The van der Waals surface area contributed by atoms with Crippen LogP contribution in [0, 0.1) is 17.5 Å². The molecule has 1 heterocycles. The Bertz CT molecular complexity index is 658. The summed E-state index contributed by atoms with van der Waals surface area (Å²) in [5.74, 6) is -1.58. The average molecular weight is 278 g/mol. The first-order chi connectivity index (χ1) is 9.60. The van der Waals surface area contributed by atoms with Crippen molar-refractivity contribution >= 4 is 5.69 Å². The molecule has 1 aliphatic rings. The van der Waals surface area contributed by atoms with Crippen LogP contribution in [0.5, 0.6) is 0 Å². The second-order valence-electron chi connectivity index (χ2n) is 4.81. The molecule has 0 aliphatic carbocycles. The number of hydrogen-bond acceptors (Lipinski definition) is 2. The van der Waals surface area contributed by atoms with Crippen LogP contribution < -0.4 is 10.6 Å². The molecule has 2 aromatic rings. The largest absolute Gasteiger partial charge is 0.359 e. The topological polar surface area (TPSA) is 29.3 Å². The van der Waals surface area contributed by atoms with Crippen molar-refractivity contribution in [2.24, 2.45) is 5.73 Å². The Morgan fingerprint density at radius 1 is 1.10 bits per heavy atom. The zero-order valence-corrected chi connectivity index (χ0v) is 10.6. The average Bonchev–Trinajstić information content (AvgIpc) is 2.77. The second-order valence-corrected chi connectivity index (χ2v) is 4.81. The monoisotopic (exact) mass is 278 g/mol. The number of halogens is 3. The zero-order chi connectivity index (χ0) is 14.3. The maximum Gasteiger partial charge on any atom is 0.131 e. The van der Waals surface area contributed by atoms with Gasteiger partial charge >= 0.3 is 0 Å². The number of fused-ring (bicyclic) bond motifs is 1. The molecule has 2 aromatic carbocycles. The third kappa shape index (κ3) is 2.04. The number of nitrogens with two attached hydrogens (primary N) is 1. The smallest absolute Gasteiger partial charge is 0.131 e. The van der Waals surface area contributed by atoms with E-state index in [4.69, 9.17) is 5.73 Å². The highest BCUT2D eigenvalue weighted by Gasteiger charge is 2.32. The Balaban J connectivity index is 2.07. The van der Waals surface area contributed by atoms with Gasteiger partial charge in [-0.1, -0.05) is 6.07 Å². The quantitative estimate of drug-likeness (QED) is 0.914. The molecule has 0 spiro atoms. The molecule has 0 bridgehead atoms. The Kier molecular flexibility index (Phi) is 3.14. The maximum absolute atomic E-state index is 13.8. The Labute approximate surface area is 114 Å². The lowest BCUT2D eigenvalue weighted by atomic mass is 10.0. The zero-order valence-electron chi connectivity index (χ0n) is 10.6. The van der Waals surface area contributed by atoms with E-state index in [2.05, 4.69) is 0 Å². The summed E-state index contributed by atoms with van der Waals surface area (Å²) in [5.41, 5.74) is 7.30. The molecule has 5 heteroatoms. The number of rotatable bonds is 2. The van der Waals surface area contributed by atoms with E-state index in [1.165, 1.54) is 18.2 Å². The minimum absolute atomic E-state index is 0.201. The van der Waals surface area contributed by atoms with Crippen LogP contribution in [0.2, 0.25) is 0 Å². The van der Waals surface area contributed by atoms with E-state index < -0.39 is 11.6 Å². The number of nitrogens with zero attached hydrogens (tertiary/aromatic N) is 1. The molecule has 20 heavy (non-hydrogen) atoms. The first kappa shape index (κ1) is 13.0. The van der Waals surface area contributed by atoms with Crippen molar-refractivity contribution in [3.8, 4) is 0 Å². The van der Waals surface area contributed by atoms with E-state index in [9.17, 15) is 13.2 Å². The minimum Gasteiger partial charge on any atom is -0.359 e. The van der Waals surface area contributed by atoms with Gasteiger partial charge in [-0.25, -0.2) is 13.2 Å². The van der Waals surface area contributed by atoms with Gasteiger partial charge in [0.15, 0.2) is 0 Å². The van der Waals surface area contributed by atoms with Crippen LogP contribution in [0.25, 0.3) is 0 Å². The SMILES string of the molecule is NCC1c2cc(F)cc(F)c2CN1c1cccc(F)c1. The minimum atomic E-state index is -0.624. The van der Waals surface area contributed by atoms with Crippen molar-refractivity contribution in [2.75, 3.05) is 11.4 Å². The first-order valence-corrected chi connectivity index (χ1v) is 6.30. The van der Waals surface area contributed by atoms with Crippen molar-refractivity contribution in [3.05, 3.63) is 65.0 Å². The Morgan fingerprint density at radius 2 is 1.90 bits per heavy atom. The lowest BCUT2D eigenvalue weighted by Crippen LogP contribution is -2.27. The van der Waals surface area contributed by atoms with E-state index in [0.29, 0.717) is 16.8 Å². The van der Waals surface area contributed by atoms with Gasteiger partial charge in [0.2, 0.25) is 0 Å². The van der Waals surface area contributed by atoms with Gasteiger partial charge in [0.05, 0.1) is 6.04 Å². The van der Waals surface area contributed by atoms with Gasteiger partial charge in [0.1, 0.15) is 17.5 Å². The van der Waals surface area contributed by atoms with Gasteiger partial charge in [-0.05, 0) is 29.8 Å². The first-order valence-electron chi connectivity index (χ1n) is 6.30. The van der Waals surface area contributed by atoms with Crippen LogP contribution in [-0.4, -0.2) is 6.54 Å². The van der Waals surface area contributed by atoms with Crippen LogP contribution in [0.4, 0.5) is 18.9 Å². The summed E-state index contributed by atoms with van der Waals surface area (Å²) in [7, 11) is 0. The molecule has 0 aromatic heterocycles. The summed E-state index contributed by atoms with van der Waals surface area (Å²) in [6, 6.07) is 7.82. The van der Waals surface area contributed by atoms with Gasteiger partial charge in [-0.15, -0.1) is 0 Å². The van der Waals surface area contributed by atoms with Crippen LogP contribution in [0.15, 0.2) is 36.4 Å². The Hall–Kier alpha value is -2.01. The molecule has 0 amide bonds. The van der Waals surface area contributed by atoms with Gasteiger partial charge < -0.3 is 10.6 Å². The highest BCUT2D eigenvalue weighted by molar-refractivity contribution is 5.55. The molecule has 0 saturated heterocycles. The van der Waals surface area contributed by atoms with Crippen molar-refractivity contribution in [3.63, 3.8) is 0 Å². The van der Waals surface area contributed by atoms with Crippen molar-refractivity contribution in [1.82, 2.24) is 0 Å². The molecule has 104 valence electrons. The Morgan fingerprint density at radius 3 is 2.60 bits per heavy atom. The van der Waals surface area contributed by atoms with Gasteiger partial charge in [0, 0.05) is 30.4 Å². The summed E-state index contributed by atoms with van der Waals surface area (Å²) < 4.78 is 40.5. The highest BCUT2D eigenvalue weighted by Crippen LogP contribution is 2.38. The molecule has 1 unspecified atom stereocenters. The lowest BCUT2D eigenvalue weighted by molar-refractivity contribution is 0.573. The molecule has 0 saturated carbocycles. The normalized spacial score (nSPS) is 17.4. The number of benzene rings is 2. The van der Waals surface area contributed by atoms with Crippen molar-refractivity contribution < 1.29 is 13.2 Å².